The van der Waals surface area contributed by atoms with Crippen molar-refractivity contribution in [1.29, 1.82) is 0 Å². The van der Waals surface area contributed by atoms with Gasteiger partial charge in [0.25, 0.3) is 5.69 Å². The van der Waals surface area contributed by atoms with Crippen LogP contribution in [0.3, 0.4) is 0 Å². The van der Waals surface area contributed by atoms with Gasteiger partial charge in [0.15, 0.2) is 0 Å². The van der Waals surface area contributed by atoms with E-state index in [1.165, 1.54) is 12.3 Å². The number of nitro groups is 1. The highest BCUT2D eigenvalue weighted by molar-refractivity contribution is 5.97. The van der Waals surface area contributed by atoms with Crippen LogP contribution in [0.25, 0.3) is 10.9 Å². The fraction of sp³-hybridized carbons (Fsp3) is 0. The van der Waals surface area contributed by atoms with Crippen molar-refractivity contribution in [1.82, 2.24) is 10.2 Å². The standard InChI is InChI=1S/C8H5N3O4/c12-8(13)4-1-5-3-9-10-7(5)6(2-4)11(14)15/h1-3H,(H,9,10)(H,12,13). The number of nitrogens with zero attached hydrogens (tertiary/aromatic N) is 2. The summed E-state index contributed by atoms with van der Waals surface area (Å²) in [6.07, 6.45) is 1.34. The van der Waals surface area contributed by atoms with Gasteiger partial charge in [0.1, 0.15) is 5.52 Å². The normalized spacial score (nSPS) is 10.4. The molecule has 2 rings (SSSR count). The minimum absolute atomic E-state index is 0.129. The lowest BCUT2D eigenvalue weighted by atomic mass is 10.1. The number of aromatic carboxylic acids is 1. The smallest absolute Gasteiger partial charge is 0.335 e. The average Bonchev–Trinajstić information content (AvgIpc) is 2.62. The van der Waals surface area contributed by atoms with Gasteiger partial charge in [-0.15, -0.1) is 0 Å². The predicted octanol–water partition coefficient (Wildman–Crippen LogP) is 1.17. The van der Waals surface area contributed by atoms with Crippen molar-refractivity contribution in [2.24, 2.45) is 0 Å². The minimum atomic E-state index is -1.21. The second kappa shape index (κ2) is 3.05. The quantitative estimate of drug-likeness (QED) is 0.567. The largest absolute Gasteiger partial charge is 0.478 e. The number of hydrogen-bond acceptors (Lipinski definition) is 4. The Balaban J connectivity index is 2.80. The first-order valence-corrected chi connectivity index (χ1v) is 3.94. The molecule has 2 aromatic rings. The second-order valence-electron chi connectivity index (χ2n) is 2.89. The van der Waals surface area contributed by atoms with E-state index in [0.717, 1.165) is 6.07 Å². The summed E-state index contributed by atoms with van der Waals surface area (Å²) in [7, 11) is 0. The van der Waals surface area contributed by atoms with E-state index < -0.39 is 10.9 Å². The molecule has 0 unspecified atom stereocenters. The highest BCUT2D eigenvalue weighted by atomic mass is 16.6. The maximum absolute atomic E-state index is 10.7. The van der Waals surface area contributed by atoms with Crippen molar-refractivity contribution >= 4 is 22.6 Å². The van der Waals surface area contributed by atoms with Gasteiger partial charge >= 0.3 is 5.97 Å². The zero-order valence-corrected chi connectivity index (χ0v) is 7.30. The lowest BCUT2D eigenvalue weighted by Crippen LogP contribution is -1.98. The monoisotopic (exact) mass is 207 g/mol. The Bertz CT molecular complexity index is 560. The molecular weight excluding hydrogens is 202 g/mol. The lowest BCUT2D eigenvalue weighted by Gasteiger charge is -1.96. The highest BCUT2D eigenvalue weighted by Crippen LogP contribution is 2.25. The van der Waals surface area contributed by atoms with Gasteiger partial charge in [-0.2, -0.15) is 5.10 Å². The van der Waals surface area contributed by atoms with Gasteiger partial charge in [-0.25, -0.2) is 4.79 Å². The zero-order valence-electron chi connectivity index (χ0n) is 7.30. The molecule has 0 aliphatic rings. The first-order valence-electron chi connectivity index (χ1n) is 3.94. The van der Waals surface area contributed by atoms with Crippen LogP contribution in [0.4, 0.5) is 5.69 Å². The molecule has 0 atom stereocenters. The number of non-ortho nitro benzene ring substituents is 1. The van der Waals surface area contributed by atoms with Gasteiger partial charge in [0, 0.05) is 11.5 Å². The number of aromatic amines is 1. The van der Waals surface area contributed by atoms with E-state index in [2.05, 4.69) is 10.2 Å². The Morgan fingerprint density at radius 1 is 1.53 bits per heavy atom. The number of aromatic nitrogens is 2. The number of nitrogens with one attached hydrogen (secondary N) is 1. The number of fused-ring (bicyclic) bond motifs is 1. The van der Waals surface area contributed by atoms with Crippen LogP contribution in [0.15, 0.2) is 18.3 Å². The number of benzene rings is 1. The van der Waals surface area contributed by atoms with Crippen LogP contribution in [-0.4, -0.2) is 26.2 Å². The maximum Gasteiger partial charge on any atom is 0.335 e. The van der Waals surface area contributed by atoms with E-state index in [1.807, 2.05) is 0 Å². The van der Waals surface area contributed by atoms with Gasteiger partial charge in [-0.05, 0) is 6.07 Å². The average molecular weight is 207 g/mol. The summed E-state index contributed by atoms with van der Waals surface area (Å²) in [6.45, 7) is 0. The summed E-state index contributed by atoms with van der Waals surface area (Å²) < 4.78 is 0. The zero-order chi connectivity index (χ0) is 11.0. The summed E-state index contributed by atoms with van der Waals surface area (Å²) in [5.41, 5.74) is -0.192. The van der Waals surface area contributed by atoms with Crippen LogP contribution in [0.2, 0.25) is 0 Å². The third kappa shape index (κ3) is 1.39. The lowest BCUT2D eigenvalue weighted by molar-refractivity contribution is -0.383. The van der Waals surface area contributed by atoms with Crippen LogP contribution < -0.4 is 0 Å². The van der Waals surface area contributed by atoms with E-state index in [0.29, 0.717) is 5.39 Å². The molecule has 0 aliphatic heterocycles. The fourth-order valence-electron chi connectivity index (χ4n) is 1.31. The molecule has 0 radical (unpaired) electrons. The summed E-state index contributed by atoms with van der Waals surface area (Å²) in [5, 5.41) is 25.9. The molecule has 0 saturated heterocycles. The SMILES string of the molecule is O=C(O)c1cc([N+](=O)[O-])c2[nH]ncc2c1. The first-order chi connectivity index (χ1) is 7.09. The fourth-order valence-corrected chi connectivity index (χ4v) is 1.31. The van der Waals surface area contributed by atoms with Gasteiger partial charge in [0.05, 0.1) is 16.7 Å². The molecular formula is C8H5N3O4. The molecule has 7 nitrogen and oxygen atoms in total. The summed E-state index contributed by atoms with van der Waals surface area (Å²) in [4.78, 5) is 20.7. The van der Waals surface area contributed by atoms with Crippen LogP contribution >= 0.6 is 0 Å². The van der Waals surface area contributed by atoms with E-state index in [4.69, 9.17) is 5.11 Å². The van der Waals surface area contributed by atoms with Crippen LogP contribution in [-0.2, 0) is 0 Å². The summed E-state index contributed by atoms with van der Waals surface area (Å²) in [6, 6.07) is 2.33. The maximum atomic E-state index is 10.7. The highest BCUT2D eigenvalue weighted by Gasteiger charge is 2.17. The molecule has 2 N–H and O–H groups in total. The summed E-state index contributed by atoms with van der Waals surface area (Å²) >= 11 is 0. The van der Waals surface area contributed by atoms with Crippen molar-refractivity contribution in [2.45, 2.75) is 0 Å². The Hall–Kier alpha value is -2.44. The van der Waals surface area contributed by atoms with Crippen LogP contribution in [0, 0.1) is 10.1 Å². The Morgan fingerprint density at radius 2 is 2.27 bits per heavy atom. The van der Waals surface area contributed by atoms with Gasteiger partial charge < -0.3 is 5.11 Å². The predicted molar refractivity (Wildman–Crippen MR) is 49.7 cm³/mol. The number of carboxylic acid groups (broad SMARTS) is 1. The van der Waals surface area contributed by atoms with Crippen LogP contribution in [0.1, 0.15) is 10.4 Å². The van der Waals surface area contributed by atoms with E-state index >= 15 is 0 Å². The molecule has 1 aromatic carbocycles. The van der Waals surface area contributed by atoms with E-state index in [9.17, 15) is 14.9 Å². The first kappa shape index (κ1) is 9.13. The van der Waals surface area contributed by atoms with Gasteiger partial charge in [-0.3, -0.25) is 15.2 Å². The molecule has 0 amide bonds. The topological polar surface area (TPSA) is 109 Å². The molecule has 0 saturated carbocycles. The molecule has 0 fully saturated rings. The molecule has 1 heterocycles. The van der Waals surface area contributed by atoms with E-state index in [1.54, 1.807) is 0 Å². The Kier molecular flexibility index (Phi) is 1.86. The van der Waals surface area contributed by atoms with Gasteiger partial charge in [0.2, 0.25) is 0 Å². The number of H-pyrrole nitrogens is 1. The van der Waals surface area contributed by atoms with Crippen molar-refractivity contribution < 1.29 is 14.8 Å². The molecule has 0 aliphatic carbocycles. The van der Waals surface area contributed by atoms with Crippen molar-refractivity contribution in [2.75, 3.05) is 0 Å². The number of carbonyl (C=O) groups is 1. The molecule has 0 bridgehead atoms. The molecule has 0 spiro atoms. The molecule has 1 aromatic heterocycles. The third-order valence-electron chi connectivity index (χ3n) is 1.97. The van der Waals surface area contributed by atoms with Crippen molar-refractivity contribution in [3.8, 4) is 0 Å². The number of hydrogen-bond donors (Lipinski definition) is 2. The number of nitro benzene ring substituents is 1. The molecule has 7 heteroatoms. The third-order valence-corrected chi connectivity index (χ3v) is 1.97. The van der Waals surface area contributed by atoms with Crippen LogP contribution in [0.5, 0.6) is 0 Å². The van der Waals surface area contributed by atoms with E-state index in [-0.39, 0.29) is 16.8 Å². The molecule has 76 valence electrons. The Labute approximate surface area is 82.5 Å². The molecule has 15 heavy (non-hydrogen) atoms. The second-order valence-corrected chi connectivity index (χ2v) is 2.89. The van der Waals surface area contributed by atoms with Gasteiger partial charge in [-0.1, -0.05) is 0 Å². The van der Waals surface area contributed by atoms with Crippen molar-refractivity contribution in [3.63, 3.8) is 0 Å². The summed E-state index contributed by atoms with van der Waals surface area (Å²) in [5.74, 6) is -1.21. The minimum Gasteiger partial charge on any atom is -0.478 e. The number of rotatable bonds is 2. The Morgan fingerprint density at radius 3 is 2.87 bits per heavy atom. The van der Waals surface area contributed by atoms with Crippen molar-refractivity contribution in [3.05, 3.63) is 34.0 Å². The number of carboxylic acids is 1.